The van der Waals surface area contributed by atoms with Crippen LogP contribution >= 0.6 is 0 Å². The van der Waals surface area contributed by atoms with Crippen LogP contribution < -0.4 is 14.8 Å². The molecule has 0 bridgehead atoms. The van der Waals surface area contributed by atoms with E-state index in [1.54, 1.807) is 42.5 Å². The van der Waals surface area contributed by atoms with E-state index in [0.717, 1.165) is 0 Å². The number of benzene rings is 2. The quantitative estimate of drug-likeness (QED) is 0.692. The number of carbonyl (C=O) groups is 2. The molecule has 1 N–H and O–H groups in total. The third-order valence-electron chi connectivity index (χ3n) is 3.07. The molecular formula is C16H13NO4. The fraction of sp³-hybridized carbons (Fsp3) is 0.125. The van der Waals surface area contributed by atoms with Crippen LogP contribution in [0.15, 0.2) is 48.5 Å². The van der Waals surface area contributed by atoms with Crippen molar-refractivity contribution in [2.45, 2.75) is 6.42 Å². The van der Waals surface area contributed by atoms with Crippen LogP contribution in [0.5, 0.6) is 11.5 Å². The van der Waals surface area contributed by atoms with Crippen LogP contribution in [0, 0.1) is 0 Å². The Labute approximate surface area is 121 Å². The van der Waals surface area contributed by atoms with Crippen molar-refractivity contribution in [2.24, 2.45) is 0 Å². The molecule has 21 heavy (non-hydrogen) atoms. The lowest BCUT2D eigenvalue weighted by Crippen LogP contribution is -2.16. The molecule has 0 atom stereocenters. The zero-order chi connectivity index (χ0) is 14.7. The summed E-state index contributed by atoms with van der Waals surface area (Å²) in [5.41, 5.74) is 1.10. The maximum Gasteiger partial charge on any atom is 0.232 e. The van der Waals surface area contributed by atoms with Gasteiger partial charge in [0.15, 0.2) is 17.3 Å². The highest BCUT2D eigenvalue weighted by Crippen LogP contribution is 2.34. The van der Waals surface area contributed by atoms with E-state index in [-0.39, 0.29) is 24.9 Å². The molecule has 1 amide bonds. The Morgan fingerprint density at radius 1 is 1.00 bits per heavy atom. The summed E-state index contributed by atoms with van der Waals surface area (Å²) in [4.78, 5) is 23.8. The molecule has 2 aromatic carbocycles. The number of anilines is 1. The number of ether oxygens (including phenoxy) is 2. The van der Waals surface area contributed by atoms with E-state index in [0.29, 0.717) is 22.7 Å². The first-order valence-electron chi connectivity index (χ1n) is 6.50. The number of nitrogens with one attached hydrogen (secondary N) is 1. The van der Waals surface area contributed by atoms with E-state index in [9.17, 15) is 9.59 Å². The predicted octanol–water partition coefficient (Wildman–Crippen LogP) is 2.63. The average Bonchev–Trinajstić information content (AvgIpc) is 2.95. The number of amides is 1. The minimum absolute atomic E-state index is 0.180. The normalized spacial score (nSPS) is 12.0. The van der Waals surface area contributed by atoms with Crippen molar-refractivity contribution in [1.82, 2.24) is 0 Å². The van der Waals surface area contributed by atoms with E-state index in [1.165, 1.54) is 0 Å². The number of fused-ring (bicyclic) bond motifs is 1. The Bertz CT molecular complexity index is 682. The first kappa shape index (κ1) is 13.2. The first-order chi connectivity index (χ1) is 10.2. The van der Waals surface area contributed by atoms with Gasteiger partial charge >= 0.3 is 0 Å². The summed E-state index contributed by atoms with van der Waals surface area (Å²) in [6.07, 6.45) is -0.196. The molecule has 0 saturated carbocycles. The standard InChI is InChI=1S/C16H13NO4/c18-13(11-4-2-1-3-5-11)9-16(19)17-12-6-7-14-15(8-12)21-10-20-14/h1-8H,9-10H2,(H,17,19). The van der Waals surface area contributed by atoms with Crippen LogP contribution in [-0.2, 0) is 4.79 Å². The second-order valence-corrected chi connectivity index (χ2v) is 4.58. The molecule has 0 fully saturated rings. The molecule has 0 aliphatic carbocycles. The van der Waals surface area contributed by atoms with Crippen molar-refractivity contribution in [2.75, 3.05) is 12.1 Å². The van der Waals surface area contributed by atoms with Crippen LogP contribution in [0.3, 0.4) is 0 Å². The van der Waals surface area contributed by atoms with Gasteiger partial charge in [0.1, 0.15) is 0 Å². The minimum Gasteiger partial charge on any atom is -0.454 e. The van der Waals surface area contributed by atoms with Crippen LogP contribution in [-0.4, -0.2) is 18.5 Å². The third-order valence-corrected chi connectivity index (χ3v) is 3.07. The molecule has 1 aliphatic heterocycles. The molecule has 5 nitrogen and oxygen atoms in total. The third kappa shape index (κ3) is 3.02. The monoisotopic (exact) mass is 283 g/mol. The van der Waals surface area contributed by atoms with Crippen molar-refractivity contribution >= 4 is 17.4 Å². The van der Waals surface area contributed by atoms with E-state index in [2.05, 4.69) is 5.32 Å². The van der Waals surface area contributed by atoms with Gasteiger partial charge in [-0.1, -0.05) is 30.3 Å². The summed E-state index contributed by atoms with van der Waals surface area (Å²) in [5, 5.41) is 2.68. The van der Waals surface area contributed by atoms with Crippen molar-refractivity contribution in [3.63, 3.8) is 0 Å². The van der Waals surface area contributed by atoms with Gasteiger partial charge in [0.05, 0.1) is 6.42 Å². The van der Waals surface area contributed by atoms with E-state index >= 15 is 0 Å². The lowest BCUT2D eigenvalue weighted by molar-refractivity contribution is -0.115. The van der Waals surface area contributed by atoms with Gasteiger partial charge in [-0.15, -0.1) is 0 Å². The highest BCUT2D eigenvalue weighted by Gasteiger charge is 2.15. The van der Waals surface area contributed by atoms with Crippen LogP contribution in [0.4, 0.5) is 5.69 Å². The molecule has 0 radical (unpaired) electrons. The molecule has 0 saturated heterocycles. The number of hydrogen-bond donors (Lipinski definition) is 1. The number of carbonyl (C=O) groups excluding carboxylic acids is 2. The Morgan fingerprint density at radius 2 is 1.76 bits per heavy atom. The van der Waals surface area contributed by atoms with Gasteiger partial charge in [-0.05, 0) is 12.1 Å². The van der Waals surface area contributed by atoms with Crippen molar-refractivity contribution in [3.05, 3.63) is 54.1 Å². The number of rotatable bonds is 4. The smallest absolute Gasteiger partial charge is 0.232 e. The predicted molar refractivity (Wildman–Crippen MR) is 76.6 cm³/mol. The van der Waals surface area contributed by atoms with E-state index in [4.69, 9.17) is 9.47 Å². The molecule has 106 valence electrons. The Balaban J connectivity index is 1.63. The van der Waals surface area contributed by atoms with Crippen molar-refractivity contribution < 1.29 is 19.1 Å². The van der Waals surface area contributed by atoms with Gasteiger partial charge in [0, 0.05) is 17.3 Å². The minimum atomic E-state index is -0.359. The van der Waals surface area contributed by atoms with Gasteiger partial charge in [-0.3, -0.25) is 9.59 Å². The molecule has 0 aromatic heterocycles. The molecule has 0 unspecified atom stereocenters. The summed E-state index contributed by atoms with van der Waals surface area (Å²) in [6.45, 7) is 0.180. The summed E-state index contributed by atoms with van der Waals surface area (Å²) < 4.78 is 10.4. The number of hydrogen-bond acceptors (Lipinski definition) is 4. The fourth-order valence-corrected chi connectivity index (χ4v) is 2.05. The average molecular weight is 283 g/mol. The number of Topliss-reactive ketones (excluding diaryl/α,β-unsaturated/α-hetero) is 1. The summed E-state index contributed by atoms with van der Waals surface area (Å²) >= 11 is 0. The lowest BCUT2D eigenvalue weighted by Gasteiger charge is -2.06. The molecule has 5 heteroatoms. The maximum absolute atomic E-state index is 11.9. The van der Waals surface area contributed by atoms with E-state index in [1.807, 2.05) is 6.07 Å². The highest BCUT2D eigenvalue weighted by molar-refractivity contribution is 6.11. The maximum atomic E-state index is 11.9. The molecular weight excluding hydrogens is 270 g/mol. The van der Waals surface area contributed by atoms with Gasteiger partial charge in [0.2, 0.25) is 12.7 Å². The van der Waals surface area contributed by atoms with Crippen LogP contribution in [0.1, 0.15) is 16.8 Å². The Hall–Kier alpha value is -2.82. The molecule has 3 rings (SSSR count). The van der Waals surface area contributed by atoms with Gasteiger partial charge in [-0.2, -0.15) is 0 Å². The van der Waals surface area contributed by atoms with Crippen molar-refractivity contribution in [3.8, 4) is 11.5 Å². The van der Waals surface area contributed by atoms with Crippen molar-refractivity contribution in [1.29, 1.82) is 0 Å². The summed E-state index contributed by atoms with van der Waals surface area (Å²) in [6, 6.07) is 13.8. The fourth-order valence-electron chi connectivity index (χ4n) is 2.05. The zero-order valence-electron chi connectivity index (χ0n) is 11.2. The topological polar surface area (TPSA) is 64.6 Å². The van der Waals surface area contributed by atoms with Gasteiger partial charge < -0.3 is 14.8 Å². The van der Waals surface area contributed by atoms with Gasteiger partial charge in [0.25, 0.3) is 0 Å². The van der Waals surface area contributed by atoms with Gasteiger partial charge in [-0.25, -0.2) is 0 Å². The summed E-state index contributed by atoms with van der Waals surface area (Å²) in [7, 11) is 0. The lowest BCUT2D eigenvalue weighted by atomic mass is 10.1. The van der Waals surface area contributed by atoms with E-state index < -0.39 is 0 Å². The highest BCUT2D eigenvalue weighted by atomic mass is 16.7. The number of ketones is 1. The Kier molecular flexibility index (Phi) is 3.55. The SMILES string of the molecule is O=C(CC(=O)c1ccccc1)Nc1ccc2c(c1)OCO2. The van der Waals surface area contributed by atoms with Crippen LogP contribution in [0.25, 0.3) is 0 Å². The molecule has 0 spiro atoms. The second kappa shape index (κ2) is 5.66. The Morgan fingerprint density at radius 3 is 2.57 bits per heavy atom. The molecule has 2 aromatic rings. The first-order valence-corrected chi connectivity index (χ1v) is 6.50. The molecule has 1 aliphatic rings. The second-order valence-electron chi connectivity index (χ2n) is 4.58. The molecule has 1 heterocycles. The van der Waals surface area contributed by atoms with Crippen LogP contribution in [0.2, 0.25) is 0 Å². The zero-order valence-corrected chi connectivity index (χ0v) is 11.2. The largest absolute Gasteiger partial charge is 0.454 e. The summed E-state index contributed by atoms with van der Waals surface area (Å²) in [5.74, 6) is 0.659.